The number of rotatable bonds is 2. The molecular weight excluding hydrogens is 381 g/mol. The molecule has 0 aliphatic carbocycles. The highest BCUT2D eigenvalue weighted by atomic mass is 127. The first-order chi connectivity index (χ1) is 9.32. The molecular formula is C15H18IN3S. The molecule has 1 heterocycles. The zero-order valence-electron chi connectivity index (χ0n) is 12.1. The van der Waals surface area contributed by atoms with Gasteiger partial charge in [0.1, 0.15) is 5.82 Å². The van der Waals surface area contributed by atoms with Crippen LogP contribution in [-0.2, 0) is 5.41 Å². The predicted octanol–water partition coefficient (Wildman–Crippen LogP) is 4.35. The van der Waals surface area contributed by atoms with Crippen molar-refractivity contribution in [2.45, 2.75) is 31.1 Å². The van der Waals surface area contributed by atoms with Crippen molar-refractivity contribution >= 4 is 40.2 Å². The molecule has 0 aliphatic heterocycles. The smallest absolute Gasteiger partial charge is 0.161 e. The number of halogens is 1. The van der Waals surface area contributed by atoms with E-state index < -0.39 is 0 Å². The molecule has 2 rings (SSSR count). The van der Waals surface area contributed by atoms with Gasteiger partial charge < -0.3 is 5.73 Å². The number of hydrogen-bond donors (Lipinski definition) is 1. The van der Waals surface area contributed by atoms with E-state index in [4.69, 9.17) is 10.7 Å². The molecule has 0 radical (unpaired) electrons. The second-order valence-corrected chi connectivity index (χ2v) is 7.53. The van der Waals surface area contributed by atoms with E-state index in [0.29, 0.717) is 11.6 Å². The van der Waals surface area contributed by atoms with Gasteiger partial charge in [0.05, 0.1) is 9.26 Å². The fourth-order valence-corrected chi connectivity index (χ4v) is 3.29. The fraction of sp³-hybridized carbons (Fsp3) is 0.333. The standard InChI is InChI=1S/C15H18IN3S/c1-15(2,3)12-11(16)13(17)19-14(18-12)9-5-7-10(20-4)8-6-9/h5-8H,1-4H3,(H2,17,18,19). The molecule has 0 amide bonds. The summed E-state index contributed by atoms with van der Waals surface area (Å²) in [6, 6.07) is 8.24. The summed E-state index contributed by atoms with van der Waals surface area (Å²) < 4.78 is 0.944. The summed E-state index contributed by atoms with van der Waals surface area (Å²) in [6.07, 6.45) is 2.06. The Labute approximate surface area is 137 Å². The van der Waals surface area contributed by atoms with Gasteiger partial charge in [0, 0.05) is 15.9 Å². The molecule has 0 spiro atoms. The molecule has 0 saturated heterocycles. The first kappa shape index (κ1) is 15.6. The summed E-state index contributed by atoms with van der Waals surface area (Å²) in [5, 5.41) is 0. The summed E-state index contributed by atoms with van der Waals surface area (Å²) in [5.41, 5.74) is 7.99. The molecule has 2 N–H and O–H groups in total. The summed E-state index contributed by atoms with van der Waals surface area (Å²) in [4.78, 5) is 10.4. The molecule has 0 aliphatic rings. The molecule has 1 aromatic carbocycles. The zero-order chi connectivity index (χ0) is 14.9. The molecule has 2 aromatic rings. The third kappa shape index (κ3) is 3.25. The molecule has 0 fully saturated rings. The molecule has 106 valence electrons. The molecule has 0 saturated carbocycles. The van der Waals surface area contributed by atoms with Crippen LogP contribution in [0.1, 0.15) is 26.5 Å². The Morgan fingerprint density at radius 2 is 1.70 bits per heavy atom. The van der Waals surface area contributed by atoms with Crippen LogP contribution in [0, 0.1) is 3.57 Å². The molecule has 5 heteroatoms. The number of benzene rings is 1. The van der Waals surface area contributed by atoms with Gasteiger partial charge in [-0.1, -0.05) is 32.9 Å². The molecule has 3 nitrogen and oxygen atoms in total. The van der Waals surface area contributed by atoms with Crippen molar-refractivity contribution in [1.29, 1.82) is 0 Å². The Hall–Kier alpha value is -0.820. The largest absolute Gasteiger partial charge is 0.383 e. The van der Waals surface area contributed by atoms with Crippen LogP contribution in [0.4, 0.5) is 5.82 Å². The van der Waals surface area contributed by atoms with E-state index in [0.717, 1.165) is 14.8 Å². The van der Waals surface area contributed by atoms with E-state index in [1.54, 1.807) is 11.8 Å². The lowest BCUT2D eigenvalue weighted by Crippen LogP contribution is -2.18. The van der Waals surface area contributed by atoms with Crippen molar-refractivity contribution < 1.29 is 0 Å². The van der Waals surface area contributed by atoms with Crippen LogP contribution >= 0.6 is 34.4 Å². The van der Waals surface area contributed by atoms with Crippen LogP contribution in [0.25, 0.3) is 11.4 Å². The highest BCUT2D eigenvalue weighted by Crippen LogP contribution is 2.30. The number of aromatic nitrogens is 2. The minimum atomic E-state index is -0.0540. The normalized spacial score (nSPS) is 11.7. The summed E-state index contributed by atoms with van der Waals surface area (Å²) in [7, 11) is 0. The van der Waals surface area contributed by atoms with Crippen LogP contribution in [0.2, 0.25) is 0 Å². The second-order valence-electron chi connectivity index (χ2n) is 5.57. The number of nitrogens with two attached hydrogens (primary N) is 1. The zero-order valence-corrected chi connectivity index (χ0v) is 15.0. The summed E-state index contributed by atoms with van der Waals surface area (Å²) in [5.74, 6) is 1.25. The van der Waals surface area contributed by atoms with Gasteiger partial charge in [0.15, 0.2) is 5.82 Å². The molecule has 20 heavy (non-hydrogen) atoms. The van der Waals surface area contributed by atoms with E-state index >= 15 is 0 Å². The van der Waals surface area contributed by atoms with E-state index in [9.17, 15) is 0 Å². The van der Waals surface area contributed by atoms with Gasteiger partial charge in [-0.25, -0.2) is 9.97 Å². The Morgan fingerprint density at radius 1 is 1.10 bits per heavy atom. The highest BCUT2D eigenvalue weighted by Gasteiger charge is 2.22. The third-order valence-corrected chi connectivity index (χ3v) is 4.74. The molecule has 1 aromatic heterocycles. The van der Waals surface area contributed by atoms with Crippen molar-refractivity contribution in [3.05, 3.63) is 33.5 Å². The van der Waals surface area contributed by atoms with Crippen LogP contribution < -0.4 is 5.73 Å². The summed E-state index contributed by atoms with van der Waals surface area (Å²) in [6.45, 7) is 6.41. The van der Waals surface area contributed by atoms with Crippen molar-refractivity contribution in [2.24, 2.45) is 0 Å². The minimum Gasteiger partial charge on any atom is -0.383 e. The Balaban J connectivity index is 2.54. The average Bonchev–Trinajstić information content (AvgIpc) is 2.40. The number of anilines is 1. The topological polar surface area (TPSA) is 51.8 Å². The van der Waals surface area contributed by atoms with Crippen molar-refractivity contribution in [3.63, 3.8) is 0 Å². The third-order valence-electron chi connectivity index (χ3n) is 2.94. The lowest BCUT2D eigenvalue weighted by atomic mass is 9.92. The van der Waals surface area contributed by atoms with Crippen molar-refractivity contribution in [3.8, 4) is 11.4 Å². The predicted molar refractivity (Wildman–Crippen MR) is 95.1 cm³/mol. The first-order valence-electron chi connectivity index (χ1n) is 6.31. The highest BCUT2D eigenvalue weighted by molar-refractivity contribution is 14.1. The number of nitrogen functional groups attached to an aromatic ring is 1. The first-order valence-corrected chi connectivity index (χ1v) is 8.61. The van der Waals surface area contributed by atoms with E-state index in [-0.39, 0.29) is 5.41 Å². The van der Waals surface area contributed by atoms with Crippen LogP contribution in [0.3, 0.4) is 0 Å². The maximum absolute atomic E-state index is 6.05. The van der Waals surface area contributed by atoms with E-state index in [2.05, 4.69) is 66.7 Å². The minimum absolute atomic E-state index is 0.0540. The molecule has 0 atom stereocenters. The number of hydrogen-bond acceptors (Lipinski definition) is 4. The quantitative estimate of drug-likeness (QED) is 0.603. The van der Waals surface area contributed by atoms with E-state index in [1.807, 2.05) is 12.1 Å². The van der Waals surface area contributed by atoms with Gasteiger partial charge in [0.25, 0.3) is 0 Å². The second kappa shape index (κ2) is 5.89. The van der Waals surface area contributed by atoms with Crippen LogP contribution in [0.5, 0.6) is 0 Å². The fourth-order valence-electron chi connectivity index (χ4n) is 1.83. The number of thioether (sulfide) groups is 1. The molecule has 0 unspecified atom stereocenters. The SMILES string of the molecule is CSc1ccc(-c2nc(N)c(I)c(C(C)(C)C)n2)cc1. The van der Waals surface area contributed by atoms with Gasteiger partial charge in [-0.05, 0) is 41.0 Å². The average molecular weight is 399 g/mol. The van der Waals surface area contributed by atoms with E-state index in [1.165, 1.54) is 4.90 Å². The maximum Gasteiger partial charge on any atom is 0.161 e. The Morgan fingerprint density at radius 3 is 2.20 bits per heavy atom. The van der Waals surface area contributed by atoms with Crippen LogP contribution in [-0.4, -0.2) is 16.2 Å². The van der Waals surface area contributed by atoms with Gasteiger partial charge in [-0.3, -0.25) is 0 Å². The van der Waals surface area contributed by atoms with Crippen LogP contribution in [0.15, 0.2) is 29.2 Å². The number of nitrogens with zero attached hydrogens (tertiary/aromatic N) is 2. The van der Waals surface area contributed by atoms with Gasteiger partial charge >= 0.3 is 0 Å². The lowest BCUT2D eigenvalue weighted by Gasteiger charge is -2.21. The Kier molecular flexibility index (Phi) is 4.59. The Bertz CT molecular complexity index is 618. The van der Waals surface area contributed by atoms with Crippen molar-refractivity contribution in [1.82, 2.24) is 9.97 Å². The van der Waals surface area contributed by atoms with Crippen molar-refractivity contribution in [2.75, 3.05) is 12.0 Å². The van der Waals surface area contributed by atoms with Gasteiger partial charge in [-0.15, -0.1) is 11.8 Å². The molecule has 0 bridgehead atoms. The maximum atomic E-state index is 6.05. The van der Waals surface area contributed by atoms with Gasteiger partial charge in [-0.2, -0.15) is 0 Å². The monoisotopic (exact) mass is 399 g/mol. The van der Waals surface area contributed by atoms with Gasteiger partial charge in [0.2, 0.25) is 0 Å². The summed E-state index contributed by atoms with van der Waals surface area (Å²) >= 11 is 3.94. The lowest BCUT2D eigenvalue weighted by molar-refractivity contribution is 0.564.